The second-order valence-corrected chi connectivity index (χ2v) is 16.7. The Bertz CT molecular complexity index is 1360. The quantitative estimate of drug-likeness (QED) is 0.275. The van der Waals surface area contributed by atoms with Crippen molar-refractivity contribution < 1.29 is 45.3 Å². The Kier molecular flexibility index (Phi) is 18.9. The predicted octanol–water partition coefficient (Wildman–Crippen LogP) is 1.72. The fourth-order valence-electron chi connectivity index (χ4n) is 5.65. The second kappa shape index (κ2) is 23.0. The average Bonchev–Trinajstić information content (AvgIpc) is 3.11. The van der Waals surface area contributed by atoms with Crippen LogP contribution < -0.4 is 0 Å². The third-order valence-electron chi connectivity index (χ3n) is 8.94. The van der Waals surface area contributed by atoms with Gasteiger partial charge in [-0.2, -0.15) is 8.61 Å². The second-order valence-electron chi connectivity index (χ2n) is 12.8. The minimum atomic E-state index is -3.62. The minimum Gasteiger partial charge on any atom is -0.379 e. The average molecular weight is 771 g/mol. The minimum absolute atomic E-state index is 0.268. The van der Waals surface area contributed by atoms with Crippen LogP contribution in [-0.2, 0) is 48.5 Å². The van der Waals surface area contributed by atoms with Gasteiger partial charge in [0.2, 0.25) is 20.0 Å². The lowest BCUT2D eigenvalue weighted by molar-refractivity contribution is 0.0118. The Hall–Kier alpha value is -2.06. The standard InChI is InChI=1S/C36H58N4O10S2/c1-33-3-7-35(8-4-33)51(41,42)39-17-27-45-21-11-37(12-22-46-28-18-39)15-25-49-31-32-50-26-16-38-13-23-47-29-19-40(20-30-48-24-14-38)52(43,44)36-9-5-34(2)6-10-36/h3-10H,11-32H2,1-2H3. The van der Waals surface area contributed by atoms with Crippen LogP contribution in [0, 0.1) is 13.8 Å². The van der Waals surface area contributed by atoms with Gasteiger partial charge in [-0.25, -0.2) is 16.8 Å². The molecule has 2 saturated heterocycles. The Labute approximate surface area is 310 Å². The molecule has 2 heterocycles. The first kappa shape index (κ1) is 42.7. The molecule has 14 nitrogen and oxygen atoms in total. The van der Waals surface area contributed by atoms with Crippen LogP contribution in [0.1, 0.15) is 11.1 Å². The van der Waals surface area contributed by atoms with E-state index in [1.807, 2.05) is 13.8 Å². The number of nitrogens with zero attached hydrogens (tertiary/aromatic N) is 4. The van der Waals surface area contributed by atoms with Crippen LogP contribution in [0.5, 0.6) is 0 Å². The van der Waals surface area contributed by atoms with Gasteiger partial charge in [-0.05, 0) is 38.1 Å². The maximum atomic E-state index is 13.2. The number of aryl methyl sites for hydroxylation is 2. The van der Waals surface area contributed by atoms with Gasteiger partial charge in [0.25, 0.3) is 0 Å². The molecule has 0 saturated carbocycles. The van der Waals surface area contributed by atoms with Crippen LogP contribution in [0.25, 0.3) is 0 Å². The molecule has 2 fully saturated rings. The molecular formula is C36H58N4O10S2. The van der Waals surface area contributed by atoms with Crippen molar-refractivity contribution in [1.29, 1.82) is 0 Å². The van der Waals surface area contributed by atoms with Crippen molar-refractivity contribution in [3.8, 4) is 0 Å². The summed E-state index contributed by atoms with van der Waals surface area (Å²) in [5.74, 6) is 0. The molecule has 4 rings (SSSR count). The normalized spacial score (nSPS) is 20.0. The molecule has 0 amide bonds. The third kappa shape index (κ3) is 14.6. The zero-order valence-electron chi connectivity index (χ0n) is 30.9. The van der Waals surface area contributed by atoms with Crippen molar-refractivity contribution >= 4 is 20.0 Å². The molecule has 0 spiro atoms. The van der Waals surface area contributed by atoms with Crippen molar-refractivity contribution in [2.75, 3.05) is 145 Å². The van der Waals surface area contributed by atoms with E-state index in [0.29, 0.717) is 105 Å². The molecule has 294 valence electrons. The van der Waals surface area contributed by atoms with E-state index in [1.165, 1.54) is 8.61 Å². The molecule has 0 N–H and O–H groups in total. The van der Waals surface area contributed by atoms with Gasteiger partial charge in [0.1, 0.15) is 0 Å². The van der Waals surface area contributed by atoms with Gasteiger partial charge in [-0.3, -0.25) is 9.80 Å². The number of rotatable bonds is 13. The fraction of sp³-hybridized carbons (Fsp3) is 0.667. The van der Waals surface area contributed by atoms with Gasteiger partial charge in [-0.15, -0.1) is 0 Å². The van der Waals surface area contributed by atoms with Crippen molar-refractivity contribution in [3.05, 3.63) is 59.7 Å². The highest BCUT2D eigenvalue weighted by atomic mass is 32.2. The summed E-state index contributed by atoms with van der Waals surface area (Å²) in [5, 5.41) is 0. The molecule has 0 aliphatic carbocycles. The van der Waals surface area contributed by atoms with E-state index in [-0.39, 0.29) is 36.0 Å². The smallest absolute Gasteiger partial charge is 0.243 e. The summed E-state index contributed by atoms with van der Waals surface area (Å²) >= 11 is 0. The number of hydrogen-bond donors (Lipinski definition) is 0. The third-order valence-corrected chi connectivity index (χ3v) is 12.8. The molecule has 0 atom stereocenters. The molecule has 0 unspecified atom stereocenters. The lowest BCUT2D eigenvalue weighted by Gasteiger charge is -2.26. The number of ether oxygens (including phenoxy) is 6. The zero-order valence-corrected chi connectivity index (χ0v) is 32.5. The number of sulfonamides is 2. The van der Waals surface area contributed by atoms with Gasteiger partial charge in [0.05, 0.1) is 89.1 Å². The molecular weight excluding hydrogens is 713 g/mol. The van der Waals surface area contributed by atoms with Gasteiger partial charge in [-0.1, -0.05) is 35.4 Å². The van der Waals surface area contributed by atoms with Crippen LogP contribution in [0.4, 0.5) is 0 Å². The van der Waals surface area contributed by atoms with Crippen LogP contribution in [0.15, 0.2) is 58.3 Å². The molecule has 2 aliphatic rings. The van der Waals surface area contributed by atoms with E-state index in [1.54, 1.807) is 48.5 Å². The van der Waals surface area contributed by atoms with E-state index in [2.05, 4.69) is 9.80 Å². The van der Waals surface area contributed by atoms with E-state index in [0.717, 1.165) is 24.2 Å². The summed E-state index contributed by atoms with van der Waals surface area (Å²) < 4.78 is 90.5. The maximum absolute atomic E-state index is 13.2. The number of benzene rings is 2. The molecule has 0 aromatic heterocycles. The van der Waals surface area contributed by atoms with Crippen LogP contribution in [0.2, 0.25) is 0 Å². The SMILES string of the molecule is Cc1ccc(S(=O)(=O)N2CCOCCN(CCOCCOCCN3CCOCCN(S(=O)(=O)c4ccc(C)cc4)CCOCC3)CCOCC2)cc1. The molecule has 2 aromatic rings. The fourth-order valence-corrected chi connectivity index (χ4v) is 8.47. The summed E-state index contributed by atoms with van der Waals surface area (Å²) in [6, 6.07) is 13.8. The van der Waals surface area contributed by atoms with Gasteiger partial charge >= 0.3 is 0 Å². The first-order valence-electron chi connectivity index (χ1n) is 18.2. The van der Waals surface area contributed by atoms with Crippen molar-refractivity contribution in [2.45, 2.75) is 23.6 Å². The molecule has 0 radical (unpaired) electrons. The van der Waals surface area contributed by atoms with Crippen molar-refractivity contribution in [1.82, 2.24) is 18.4 Å². The van der Waals surface area contributed by atoms with Gasteiger partial charge in [0, 0.05) is 65.4 Å². The molecule has 16 heteroatoms. The van der Waals surface area contributed by atoms with Crippen molar-refractivity contribution in [3.63, 3.8) is 0 Å². The summed E-state index contributed by atoms with van der Waals surface area (Å²) in [6.07, 6.45) is 0. The van der Waals surface area contributed by atoms with Crippen LogP contribution in [-0.4, -0.2) is 180 Å². The van der Waals surface area contributed by atoms with E-state index in [9.17, 15) is 16.8 Å². The molecule has 52 heavy (non-hydrogen) atoms. The lowest BCUT2D eigenvalue weighted by Crippen LogP contribution is -2.39. The van der Waals surface area contributed by atoms with Crippen LogP contribution in [0.3, 0.4) is 0 Å². The van der Waals surface area contributed by atoms with E-state index in [4.69, 9.17) is 28.4 Å². The van der Waals surface area contributed by atoms with Gasteiger partial charge in [0.15, 0.2) is 0 Å². The Morgan fingerprint density at radius 2 is 0.750 bits per heavy atom. The number of hydrogen-bond acceptors (Lipinski definition) is 12. The monoisotopic (exact) mass is 770 g/mol. The maximum Gasteiger partial charge on any atom is 0.243 e. The molecule has 2 aromatic carbocycles. The first-order chi connectivity index (χ1) is 25.2. The van der Waals surface area contributed by atoms with Gasteiger partial charge < -0.3 is 28.4 Å². The van der Waals surface area contributed by atoms with Crippen LogP contribution >= 0.6 is 0 Å². The highest BCUT2D eigenvalue weighted by Gasteiger charge is 2.26. The summed E-state index contributed by atoms with van der Waals surface area (Å²) in [5.41, 5.74) is 2.02. The van der Waals surface area contributed by atoms with E-state index < -0.39 is 20.0 Å². The predicted molar refractivity (Wildman–Crippen MR) is 198 cm³/mol. The lowest BCUT2D eigenvalue weighted by atomic mass is 10.2. The largest absolute Gasteiger partial charge is 0.379 e. The highest BCUT2D eigenvalue weighted by Crippen LogP contribution is 2.18. The molecule has 0 bridgehead atoms. The Morgan fingerprint density at radius 1 is 0.462 bits per heavy atom. The topological polar surface area (TPSA) is 137 Å². The Morgan fingerprint density at radius 3 is 1.06 bits per heavy atom. The highest BCUT2D eigenvalue weighted by molar-refractivity contribution is 7.89. The Balaban J connectivity index is 1.05. The van der Waals surface area contributed by atoms with Crippen molar-refractivity contribution in [2.24, 2.45) is 0 Å². The molecule has 2 aliphatic heterocycles. The van der Waals surface area contributed by atoms with E-state index >= 15 is 0 Å². The zero-order chi connectivity index (χ0) is 37.1. The first-order valence-corrected chi connectivity index (χ1v) is 21.1. The summed E-state index contributed by atoms with van der Waals surface area (Å²) in [6.45, 7) is 14.4. The summed E-state index contributed by atoms with van der Waals surface area (Å²) in [7, 11) is -7.24. The summed E-state index contributed by atoms with van der Waals surface area (Å²) in [4.78, 5) is 5.01.